The summed E-state index contributed by atoms with van der Waals surface area (Å²) in [7, 11) is 3.78. The molecule has 2 aromatic carbocycles. The molecule has 4 rings (SSSR count). The highest BCUT2D eigenvalue weighted by Crippen LogP contribution is 2.33. The Bertz CT molecular complexity index is 1130. The third kappa shape index (κ3) is 4.76. The van der Waals surface area contributed by atoms with Crippen molar-refractivity contribution in [1.82, 2.24) is 14.9 Å². The summed E-state index contributed by atoms with van der Waals surface area (Å²) < 4.78 is 5.64. The maximum absolute atomic E-state index is 11.3. The van der Waals surface area contributed by atoms with Gasteiger partial charge in [-0.3, -0.25) is 0 Å². The first-order valence-electron chi connectivity index (χ1n) is 10.2. The van der Waals surface area contributed by atoms with E-state index in [0.29, 0.717) is 22.2 Å². The Kier molecular flexibility index (Phi) is 6.43. The minimum atomic E-state index is -1.01. The third-order valence-electron chi connectivity index (χ3n) is 5.41. The Morgan fingerprint density at radius 3 is 2.66 bits per heavy atom. The van der Waals surface area contributed by atoms with Crippen molar-refractivity contribution in [3.8, 4) is 17.0 Å². The van der Waals surface area contributed by atoms with Crippen molar-refractivity contribution in [3.63, 3.8) is 0 Å². The average molecular weight is 454 g/mol. The fraction of sp³-hybridized carbons (Fsp3) is 0.261. The molecule has 8 nitrogen and oxygen atoms in total. The van der Waals surface area contributed by atoms with Gasteiger partial charge < -0.3 is 25.0 Å². The molecule has 32 heavy (non-hydrogen) atoms. The average Bonchev–Trinajstić information content (AvgIpc) is 2.81. The Morgan fingerprint density at radius 2 is 1.94 bits per heavy atom. The second kappa shape index (κ2) is 9.42. The van der Waals surface area contributed by atoms with E-state index in [2.05, 4.69) is 32.1 Å². The molecule has 1 aromatic heterocycles. The molecule has 1 aliphatic heterocycles. The molecule has 1 saturated heterocycles. The van der Waals surface area contributed by atoms with Crippen molar-refractivity contribution in [2.45, 2.75) is 0 Å². The van der Waals surface area contributed by atoms with E-state index in [1.807, 2.05) is 18.2 Å². The number of hydrogen-bond donors (Lipinski definition) is 2. The lowest BCUT2D eigenvalue weighted by Crippen LogP contribution is -2.44. The zero-order chi connectivity index (χ0) is 22.7. The van der Waals surface area contributed by atoms with Gasteiger partial charge in [-0.25, -0.2) is 14.8 Å². The molecule has 166 valence electrons. The number of nitrogens with one attached hydrogen (secondary N) is 1. The molecule has 0 spiro atoms. The minimum Gasteiger partial charge on any atom is -0.495 e. The van der Waals surface area contributed by atoms with Crippen LogP contribution in [0.1, 0.15) is 10.4 Å². The molecule has 0 amide bonds. The van der Waals surface area contributed by atoms with Crippen LogP contribution in [0.3, 0.4) is 0 Å². The van der Waals surface area contributed by atoms with Gasteiger partial charge in [-0.1, -0.05) is 23.7 Å². The maximum atomic E-state index is 11.3. The van der Waals surface area contributed by atoms with Gasteiger partial charge in [0.2, 0.25) is 5.95 Å². The molecule has 0 atom stereocenters. The highest BCUT2D eigenvalue weighted by Gasteiger charge is 2.18. The van der Waals surface area contributed by atoms with Crippen molar-refractivity contribution in [3.05, 3.63) is 59.2 Å². The molecule has 0 bridgehead atoms. The van der Waals surface area contributed by atoms with Crippen LogP contribution in [0, 0.1) is 0 Å². The lowest BCUT2D eigenvalue weighted by Gasteiger charge is -2.34. The molecule has 2 N–H and O–H groups in total. The van der Waals surface area contributed by atoms with E-state index < -0.39 is 5.97 Å². The van der Waals surface area contributed by atoms with Gasteiger partial charge in [0.15, 0.2) is 0 Å². The zero-order valence-corrected chi connectivity index (χ0v) is 18.6. The van der Waals surface area contributed by atoms with Crippen LogP contribution in [-0.4, -0.2) is 66.3 Å². The molecular formula is C23H24ClN5O3. The van der Waals surface area contributed by atoms with Crippen LogP contribution < -0.4 is 15.0 Å². The minimum absolute atomic E-state index is 0.163. The number of rotatable bonds is 6. The van der Waals surface area contributed by atoms with Crippen LogP contribution in [0.5, 0.6) is 5.75 Å². The second-order valence-electron chi connectivity index (χ2n) is 7.58. The van der Waals surface area contributed by atoms with Gasteiger partial charge in [0.25, 0.3) is 0 Å². The number of likely N-dealkylation sites (N-methyl/N-ethyl adjacent to an activating group) is 1. The summed E-state index contributed by atoms with van der Waals surface area (Å²) >= 11 is 6.30. The van der Waals surface area contributed by atoms with E-state index in [4.69, 9.17) is 16.3 Å². The first-order chi connectivity index (χ1) is 15.4. The smallest absolute Gasteiger partial charge is 0.335 e. The summed E-state index contributed by atoms with van der Waals surface area (Å²) in [6.07, 6.45) is 1.50. The number of aromatic carboxylic acids is 1. The Morgan fingerprint density at radius 1 is 1.16 bits per heavy atom. The van der Waals surface area contributed by atoms with Gasteiger partial charge in [-0.05, 0) is 31.3 Å². The molecular weight excluding hydrogens is 430 g/mol. The largest absolute Gasteiger partial charge is 0.495 e. The first kappa shape index (κ1) is 21.9. The van der Waals surface area contributed by atoms with Crippen LogP contribution in [0.4, 0.5) is 17.3 Å². The number of halogens is 1. The molecule has 0 radical (unpaired) electrons. The van der Waals surface area contributed by atoms with E-state index in [9.17, 15) is 9.90 Å². The topological polar surface area (TPSA) is 90.8 Å². The van der Waals surface area contributed by atoms with Gasteiger partial charge in [-0.2, -0.15) is 0 Å². The van der Waals surface area contributed by atoms with Gasteiger partial charge in [0.1, 0.15) is 5.75 Å². The molecule has 0 unspecified atom stereocenters. The standard InChI is InChI=1S/C23H24ClN5O3/c1-28-8-10-29(11-9-28)19-7-6-17(13-20(19)32-2)26-23-25-14-18(24)21(27-23)15-4-3-5-16(12-15)22(30)31/h3-7,12-14H,8-11H2,1-2H3,(H,30,31)(H,25,26,27). The van der Waals surface area contributed by atoms with Crippen molar-refractivity contribution in [2.24, 2.45) is 0 Å². The van der Waals surface area contributed by atoms with Crippen molar-refractivity contribution >= 4 is 34.9 Å². The molecule has 2 heterocycles. The third-order valence-corrected chi connectivity index (χ3v) is 5.68. The molecule has 9 heteroatoms. The number of nitrogens with zero attached hydrogens (tertiary/aromatic N) is 4. The highest BCUT2D eigenvalue weighted by atomic mass is 35.5. The number of carboxylic acids is 1. The predicted octanol–water partition coefficient (Wildman–Crippen LogP) is 4.00. The van der Waals surface area contributed by atoms with Crippen LogP contribution in [-0.2, 0) is 0 Å². The molecule has 1 aliphatic rings. The number of methoxy groups -OCH3 is 1. The van der Waals surface area contributed by atoms with Crippen LogP contribution in [0.2, 0.25) is 5.02 Å². The molecule has 0 aliphatic carbocycles. The quantitative estimate of drug-likeness (QED) is 0.578. The Labute approximate surface area is 191 Å². The van der Waals surface area contributed by atoms with Gasteiger partial charge in [-0.15, -0.1) is 0 Å². The summed E-state index contributed by atoms with van der Waals surface area (Å²) in [6, 6.07) is 12.4. The van der Waals surface area contributed by atoms with E-state index in [0.717, 1.165) is 43.3 Å². The monoisotopic (exact) mass is 453 g/mol. The summed E-state index contributed by atoms with van der Waals surface area (Å²) in [5.74, 6) is 0.102. The fourth-order valence-corrected chi connectivity index (χ4v) is 3.82. The van der Waals surface area contributed by atoms with Crippen LogP contribution >= 0.6 is 11.6 Å². The van der Waals surface area contributed by atoms with Crippen LogP contribution in [0.15, 0.2) is 48.7 Å². The lowest BCUT2D eigenvalue weighted by atomic mass is 10.1. The zero-order valence-electron chi connectivity index (χ0n) is 17.9. The Hall–Kier alpha value is -3.36. The molecule has 3 aromatic rings. The summed E-state index contributed by atoms with van der Waals surface area (Å²) in [4.78, 5) is 24.7. The van der Waals surface area contributed by atoms with Gasteiger partial charge in [0, 0.05) is 43.5 Å². The van der Waals surface area contributed by atoms with Gasteiger partial charge in [0.05, 0.1) is 35.3 Å². The second-order valence-corrected chi connectivity index (χ2v) is 7.99. The predicted molar refractivity (Wildman–Crippen MR) is 125 cm³/mol. The number of carboxylic acid groups (broad SMARTS) is 1. The van der Waals surface area contributed by atoms with Crippen molar-refractivity contribution < 1.29 is 14.6 Å². The first-order valence-corrected chi connectivity index (χ1v) is 10.6. The number of anilines is 3. The normalized spacial score (nSPS) is 14.3. The highest BCUT2D eigenvalue weighted by molar-refractivity contribution is 6.32. The van der Waals surface area contributed by atoms with Crippen LogP contribution in [0.25, 0.3) is 11.3 Å². The number of benzene rings is 2. The number of hydrogen-bond acceptors (Lipinski definition) is 7. The fourth-order valence-electron chi connectivity index (χ4n) is 3.62. The number of carbonyl (C=O) groups is 1. The van der Waals surface area contributed by atoms with Gasteiger partial charge >= 0.3 is 5.97 Å². The van der Waals surface area contributed by atoms with E-state index >= 15 is 0 Å². The number of piperazine rings is 1. The molecule has 0 saturated carbocycles. The maximum Gasteiger partial charge on any atom is 0.335 e. The molecule has 1 fully saturated rings. The number of ether oxygens (including phenoxy) is 1. The summed E-state index contributed by atoms with van der Waals surface area (Å²) in [6.45, 7) is 3.90. The number of aromatic nitrogens is 2. The van der Waals surface area contributed by atoms with E-state index in [1.165, 1.54) is 18.3 Å². The summed E-state index contributed by atoms with van der Waals surface area (Å²) in [5, 5.41) is 12.8. The van der Waals surface area contributed by atoms with Crippen molar-refractivity contribution in [1.29, 1.82) is 0 Å². The Balaban J connectivity index is 1.59. The van der Waals surface area contributed by atoms with E-state index in [-0.39, 0.29) is 5.56 Å². The van der Waals surface area contributed by atoms with E-state index in [1.54, 1.807) is 19.2 Å². The van der Waals surface area contributed by atoms with Crippen molar-refractivity contribution in [2.75, 3.05) is 50.6 Å². The SMILES string of the molecule is COc1cc(Nc2ncc(Cl)c(-c3cccc(C(=O)O)c3)n2)ccc1N1CCN(C)CC1. The summed E-state index contributed by atoms with van der Waals surface area (Å²) in [5.41, 5.74) is 3.04. The lowest BCUT2D eigenvalue weighted by molar-refractivity contribution is 0.0697.